The number of furan rings is 1. The first-order valence-corrected chi connectivity index (χ1v) is 4.76. The molecule has 0 amide bonds. The minimum absolute atomic E-state index is 0.0756. The Bertz CT molecular complexity index is 522. The topological polar surface area (TPSA) is 48.4 Å². The summed E-state index contributed by atoms with van der Waals surface area (Å²) >= 11 is 0. The van der Waals surface area contributed by atoms with Gasteiger partial charge < -0.3 is 14.9 Å². The summed E-state index contributed by atoms with van der Waals surface area (Å²) in [5.74, 6) is -0.791. The van der Waals surface area contributed by atoms with Crippen molar-refractivity contribution >= 4 is 11.0 Å². The molecule has 3 nitrogen and oxygen atoms in total. The SMILES string of the molecule is COCc1c(CN)oc2c(F)ccc(F)c12. The summed E-state index contributed by atoms with van der Waals surface area (Å²) in [6, 6.07) is 2.09. The zero-order chi connectivity index (χ0) is 11.7. The lowest BCUT2D eigenvalue weighted by atomic mass is 10.1. The highest BCUT2D eigenvalue weighted by molar-refractivity contribution is 5.83. The standard InChI is InChI=1S/C11H11F2NO2/c1-15-5-6-9(4-14)16-11-8(13)3-2-7(12)10(6)11/h2-3H,4-5,14H2,1H3. The largest absolute Gasteiger partial charge is 0.456 e. The number of hydrogen-bond acceptors (Lipinski definition) is 3. The maximum Gasteiger partial charge on any atom is 0.173 e. The van der Waals surface area contributed by atoms with E-state index in [9.17, 15) is 8.78 Å². The normalized spacial score (nSPS) is 11.2. The van der Waals surface area contributed by atoms with Crippen LogP contribution in [0.4, 0.5) is 8.78 Å². The van der Waals surface area contributed by atoms with Crippen LogP contribution in [0.15, 0.2) is 16.5 Å². The van der Waals surface area contributed by atoms with Gasteiger partial charge in [-0.05, 0) is 12.1 Å². The molecule has 1 aromatic carbocycles. The average molecular weight is 227 g/mol. The van der Waals surface area contributed by atoms with E-state index in [0.717, 1.165) is 12.1 Å². The number of halogens is 2. The van der Waals surface area contributed by atoms with Gasteiger partial charge in [0.05, 0.1) is 18.5 Å². The fraction of sp³-hybridized carbons (Fsp3) is 0.273. The number of benzene rings is 1. The third-order valence-corrected chi connectivity index (χ3v) is 2.40. The molecule has 0 atom stereocenters. The molecule has 0 aliphatic rings. The van der Waals surface area contributed by atoms with Gasteiger partial charge >= 0.3 is 0 Å². The number of fused-ring (bicyclic) bond motifs is 1. The lowest BCUT2D eigenvalue weighted by Gasteiger charge is -1.99. The van der Waals surface area contributed by atoms with E-state index in [-0.39, 0.29) is 24.1 Å². The van der Waals surface area contributed by atoms with Crippen LogP contribution in [0.25, 0.3) is 11.0 Å². The zero-order valence-corrected chi connectivity index (χ0v) is 8.72. The van der Waals surface area contributed by atoms with E-state index in [1.807, 2.05) is 0 Å². The Morgan fingerprint density at radius 3 is 2.62 bits per heavy atom. The van der Waals surface area contributed by atoms with E-state index in [4.69, 9.17) is 14.9 Å². The van der Waals surface area contributed by atoms with E-state index in [1.165, 1.54) is 7.11 Å². The maximum absolute atomic E-state index is 13.6. The molecule has 0 aliphatic heterocycles. The van der Waals surface area contributed by atoms with Gasteiger partial charge in [0.25, 0.3) is 0 Å². The average Bonchev–Trinajstić information content (AvgIpc) is 2.64. The third-order valence-electron chi connectivity index (χ3n) is 2.40. The van der Waals surface area contributed by atoms with Crippen LogP contribution in [-0.2, 0) is 17.9 Å². The molecule has 0 aliphatic carbocycles. The number of methoxy groups -OCH3 is 1. The van der Waals surface area contributed by atoms with Crippen LogP contribution in [0.3, 0.4) is 0 Å². The fourth-order valence-corrected chi connectivity index (χ4v) is 1.70. The zero-order valence-electron chi connectivity index (χ0n) is 8.72. The van der Waals surface area contributed by atoms with Crippen molar-refractivity contribution in [3.8, 4) is 0 Å². The molecular weight excluding hydrogens is 216 g/mol. The van der Waals surface area contributed by atoms with Gasteiger partial charge in [-0.3, -0.25) is 0 Å². The van der Waals surface area contributed by atoms with Crippen LogP contribution >= 0.6 is 0 Å². The van der Waals surface area contributed by atoms with Gasteiger partial charge in [-0.25, -0.2) is 8.78 Å². The Balaban J connectivity index is 2.78. The first-order chi connectivity index (χ1) is 7.69. The summed E-state index contributed by atoms with van der Waals surface area (Å²) in [5.41, 5.74) is 5.82. The van der Waals surface area contributed by atoms with Crippen molar-refractivity contribution in [2.24, 2.45) is 5.73 Å². The predicted molar refractivity (Wildman–Crippen MR) is 54.7 cm³/mol. The highest BCUT2D eigenvalue weighted by Gasteiger charge is 2.19. The number of ether oxygens (including phenoxy) is 1. The molecule has 0 fully saturated rings. The molecule has 86 valence electrons. The van der Waals surface area contributed by atoms with Crippen LogP contribution in [0.2, 0.25) is 0 Å². The molecule has 0 spiro atoms. The summed E-state index contributed by atoms with van der Waals surface area (Å²) < 4.78 is 37.1. The van der Waals surface area contributed by atoms with Gasteiger partial charge in [-0.1, -0.05) is 0 Å². The summed E-state index contributed by atoms with van der Waals surface area (Å²) in [6.07, 6.45) is 0. The number of nitrogens with two attached hydrogens (primary N) is 1. The molecule has 0 unspecified atom stereocenters. The molecule has 5 heteroatoms. The molecule has 2 N–H and O–H groups in total. The second kappa shape index (κ2) is 4.19. The Morgan fingerprint density at radius 2 is 2.00 bits per heavy atom. The second-order valence-electron chi connectivity index (χ2n) is 3.37. The van der Waals surface area contributed by atoms with Crippen LogP contribution in [0, 0.1) is 11.6 Å². The molecule has 0 radical (unpaired) electrons. The quantitative estimate of drug-likeness (QED) is 0.875. The Hall–Kier alpha value is -1.46. The van der Waals surface area contributed by atoms with Crippen molar-refractivity contribution in [3.63, 3.8) is 0 Å². The summed E-state index contributed by atoms with van der Waals surface area (Å²) in [5, 5.41) is 0.113. The van der Waals surface area contributed by atoms with Crippen molar-refractivity contribution in [1.29, 1.82) is 0 Å². The number of hydrogen-bond donors (Lipinski definition) is 1. The van der Waals surface area contributed by atoms with Gasteiger partial charge in [-0.15, -0.1) is 0 Å². The smallest absolute Gasteiger partial charge is 0.173 e. The Kier molecular flexibility index (Phi) is 2.89. The first kappa shape index (κ1) is 11.0. The molecule has 2 aromatic rings. The van der Waals surface area contributed by atoms with Crippen LogP contribution in [0.1, 0.15) is 11.3 Å². The highest BCUT2D eigenvalue weighted by Crippen LogP contribution is 2.30. The van der Waals surface area contributed by atoms with E-state index in [1.54, 1.807) is 0 Å². The molecule has 0 saturated carbocycles. The van der Waals surface area contributed by atoms with Crippen LogP contribution in [0.5, 0.6) is 0 Å². The Labute approximate surface area is 90.8 Å². The minimum atomic E-state index is -0.603. The molecule has 1 heterocycles. The minimum Gasteiger partial charge on any atom is -0.456 e. The van der Waals surface area contributed by atoms with Gasteiger partial charge in [0.15, 0.2) is 11.4 Å². The van der Waals surface area contributed by atoms with Gasteiger partial charge in [0, 0.05) is 12.7 Å². The van der Waals surface area contributed by atoms with Crippen molar-refractivity contribution in [1.82, 2.24) is 0 Å². The highest BCUT2D eigenvalue weighted by atomic mass is 19.1. The van der Waals surface area contributed by atoms with Crippen molar-refractivity contribution in [3.05, 3.63) is 35.1 Å². The molecule has 16 heavy (non-hydrogen) atoms. The molecular formula is C11H11F2NO2. The van der Waals surface area contributed by atoms with Crippen LogP contribution < -0.4 is 5.73 Å². The Morgan fingerprint density at radius 1 is 1.31 bits per heavy atom. The first-order valence-electron chi connectivity index (χ1n) is 4.76. The van der Waals surface area contributed by atoms with Crippen LogP contribution in [-0.4, -0.2) is 7.11 Å². The van der Waals surface area contributed by atoms with Gasteiger partial charge in [0.1, 0.15) is 11.6 Å². The lowest BCUT2D eigenvalue weighted by molar-refractivity contribution is 0.183. The van der Waals surface area contributed by atoms with Gasteiger partial charge in [0.2, 0.25) is 0 Å². The predicted octanol–water partition coefficient (Wildman–Crippen LogP) is 2.32. The van der Waals surface area contributed by atoms with E-state index in [2.05, 4.69) is 0 Å². The summed E-state index contributed by atoms with van der Waals surface area (Å²) in [7, 11) is 1.47. The van der Waals surface area contributed by atoms with Gasteiger partial charge in [-0.2, -0.15) is 0 Å². The van der Waals surface area contributed by atoms with Crippen molar-refractivity contribution in [2.75, 3.05) is 7.11 Å². The molecule has 2 rings (SSSR count). The summed E-state index contributed by atoms with van der Waals surface area (Å²) in [4.78, 5) is 0. The van der Waals surface area contributed by atoms with E-state index >= 15 is 0 Å². The number of rotatable bonds is 3. The van der Waals surface area contributed by atoms with E-state index in [0.29, 0.717) is 11.3 Å². The van der Waals surface area contributed by atoms with E-state index < -0.39 is 11.6 Å². The summed E-state index contributed by atoms with van der Waals surface area (Å²) in [6.45, 7) is 0.214. The fourth-order valence-electron chi connectivity index (χ4n) is 1.70. The van der Waals surface area contributed by atoms with Crippen molar-refractivity contribution in [2.45, 2.75) is 13.2 Å². The third kappa shape index (κ3) is 1.58. The van der Waals surface area contributed by atoms with Crippen molar-refractivity contribution < 1.29 is 17.9 Å². The lowest BCUT2D eigenvalue weighted by Crippen LogP contribution is -1.99. The molecule has 0 bridgehead atoms. The molecule has 1 aromatic heterocycles. The second-order valence-corrected chi connectivity index (χ2v) is 3.37. The monoisotopic (exact) mass is 227 g/mol. The maximum atomic E-state index is 13.6. The molecule has 0 saturated heterocycles.